The molecule has 2 aromatic heterocycles. The zero-order valence-corrected chi connectivity index (χ0v) is 14.1. The number of thioether (sulfide) groups is 1. The number of rotatable bonds is 3. The van der Waals surface area contributed by atoms with Crippen LogP contribution in [0.25, 0.3) is 11.3 Å². The first kappa shape index (κ1) is 14.2. The quantitative estimate of drug-likeness (QED) is 0.935. The van der Waals surface area contributed by atoms with Crippen LogP contribution < -0.4 is 10.6 Å². The van der Waals surface area contributed by atoms with Crippen LogP contribution in [0.5, 0.6) is 0 Å². The molecular weight excluding hydrogens is 308 g/mol. The number of thiazole rings is 1. The van der Waals surface area contributed by atoms with E-state index in [-0.39, 0.29) is 0 Å². The summed E-state index contributed by atoms with van der Waals surface area (Å²) in [6, 6.07) is 0. The van der Waals surface area contributed by atoms with Crippen LogP contribution in [-0.2, 0) is 0 Å². The summed E-state index contributed by atoms with van der Waals surface area (Å²) in [7, 11) is 0. The van der Waals surface area contributed by atoms with Crippen molar-refractivity contribution < 1.29 is 0 Å². The fourth-order valence-corrected chi connectivity index (χ4v) is 5.02. The van der Waals surface area contributed by atoms with Crippen molar-refractivity contribution in [2.45, 2.75) is 25.5 Å². The van der Waals surface area contributed by atoms with E-state index in [0.29, 0.717) is 11.1 Å². The molecule has 0 bridgehead atoms. The summed E-state index contributed by atoms with van der Waals surface area (Å²) >= 11 is 5.24. The number of nitrogen functional groups attached to an aromatic ring is 1. The molecule has 20 heavy (non-hydrogen) atoms. The van der Waals surface area contributed by atoms with Gasteiger partial charge in [0, 0.05) is 29.5 Å². The van der Waals surface area contributed by atoms with E-state index < -0.39 is 0 Å². The van der Waals surface area contributed by atoms with Crippen LogP contribution in [0.4, 0.5) is 10.8 Å². The van der Waals surface area contributed by atoms with Gasteiger partial charge in [-0.1, -0.05) is 6.92 Å². The van der Waals surface area contributed by atoms with E-state index >= 15 is 0 Å². The normalized spacial score (nSPS) is 19.5. The predicted octanol–water partition coefficient (Wildman–Crippen LogP) is 3.49. The molecule has 0 amide bonds. The molecule has 0 saturated carbocycles. The van der Waals surface area contributed by atoms with Crippen molar-refractivity contribution in [1.29, 1.82) is 0 Å². The Labute approximate surface area is 131 Å². The number of aromatic nitrogens is 2. The van der Waals surface area contributed by atoms with Crippen LogP contribution in [0.1, 0.15) is 18.4 Å². The number of aryl methyl sites for hydroxylation is 1. The smallest absolute Gasteiger partial charge is 0.148 e. The lowest BCUT2D eigenvalue weighted by Crippen LogP contribution is -2.37. The number of anilines is 2. The molecule has 1 aliphatic heterocycles. The van der Waals surface area contributed by atoms with E-state index in [1.165, 1.54) is 28.7 Å². The Hall–Kier alpha value is -0.790. The van der Waals surface area contributed by atoms with Crippen LogP contribution in [0.15, 0.2) is 5.38 Å². The van der Waals surface area contributed by atoms with Crippen molar-refractivity contribution in [3.05, 3.63) is 10.4 Å². The summed E-state index contributed by atoms with van der Waals surface area (Å²) < 4.78 is 4.36. The van der Waals surface area contributed by atoms with Gasteiger partial charge in [-0.3, -0.25) is 0 Å². The topological polar surface area (TPSA) is 55.0 Å². The van der Waals surface area contributed by atoms with E-state index in [1.807, 2.05) is 6.92 Å². The minimum atomic E-state index is 0.613. The van der Waals surface area contributed by atoms with Gasteiger partial charge in [-0.25, -0.2) is 4.98 Å². The molecule has 1 unspecified atom stereocenters. The molecule has 1 fully saturated rings. The van der Waals surface area contributed by atoms with Crippen LogP contribution in [0, 0.1) is 6.92 Å². The van der Waals surface area contributed by atoms with Crippen LogP contribution in [0.2, 0.25) is 0 Å². The lowest BCUT2D eigenvalue weighted by atomic mass is 10.2. The van der Waals surface area contributed by atoms with Gasteiger partial charge >= 0.3 is 0 Å². The SMILES string of the molecule is CCC1CN(c2snc(N)c2-c2csc(C)n2)CCS1. The van der Waals surface area contributed by atoms with Gasteiger partial charge in [0.05, 0.1) is 16.3 Å². The fraction of sp³-hybridized carbons (Fsp3) is 0.538. The third-order valence-corrected chi connectivity index (χ3v) is 6.53. The molecule has 0 radical (unpaired) electrons. The van der Waals surface area contributed by atoms with Crippen molar-refractivity contribution in [3.8, 4) is 11.3 Å². The fourth-order valence-electron chi connectivity index (χ4n) is 2.38. The highest BCUT2D eigenvalue weighted by atomic mass is 32.2. The van der Waals surface area contributed by atoms with Crippen LogP contribution in [-0.4, -0.2) is 33.4 Å². The summed E-state index contributed by atoms with van der Waals surface area (Å²) in [5.41, 5.74) is 8.09. The second-order valence-corrected chi connectivity index (χ2v) is 8.07. The lowest BCUT2D eigenvalue weighted by molar-refractivity contribution is 0.733. The van der Waals surface area contributed by atoms with E-state index in [9.17, 15) is 0 Å². The Balaban J connectivity index is 1.94. The van der Waals surface area contributed by atoms with Crippen molar-refractivity contribution in [1.82, 2.24) is 9.36 Å². The minimum Gasteiger partial charge on any atom is -0.382 e. The maximum atomic E-state index is 6.09. The Morgan fingerprint density at radius 2 is 2.35 bits per heavy atom. The van der Waals surface area contributed by atoms with Crippen LogP contribution in [0.3, 0.4) is 0 Å². The van der Waals surface area contributed by atoms with Gasteiger partial charge in [0.15, 0.2) is 0 Å². The summed E-state index contributed by atoms with van der Waals surface area (Å²) in [6.45, 7) is 6.43. The van der Waals surface area contributed by atoms with E-state index in [1.54, 1.807) is 11.3 Å². The molecule has 4 nitrogen and oxygen atoms in total. The standard InChI is InChI=1S/C13H18N4S3/c1-3-9-6-17(4-5-18-9)13-11(12(14)16-20-13)10-7-19-8(2)15-10/h7,9H,3-6H2,1-2H3,(H2,14,16). The zero-order valence-electron chi connectivity index (χ0n) is 11.6. The molecule has 0 aliphatic carbocycles. The highest BCUT2D eigenvalue weighted by Crippen LogP contribution is 2.41. The second-order valence-electron chi connectivity index (χ2n) is 4.85. The summed E-state index contributed by atoms with van der Waals surface area (Å²) in [5, 5.41) is 5.04. The highest BCUT2D eigenvalue weighted by Gasteiger charge is 2.25. The molecule has 1 aliphatic rings. The van der Waals surface area contributed by atoms with E-state index in [0.717, 1.165) is 29.4 Å². The highest BCUT2D eigenvalue weighted by molar-refractivity contribution is 8.00. The molecule has 0 spiro atoms. The molecule has 2 aromatic rings. The third kappa shape index (κ3) is 2.66. The van der Waals surface area contributed by atoms with Crippen molar-refractivity contribution >= 4 is 45.5 Å². The Morgan fingerprint density at radius 3 is 3.05 bits per heavy atom. The van der Waals surface area contributed by atoms with Gasteiger partial charge in [-0.15, -0.1) is 11.3 Å². The Kier molecular flexibility index (Phi) is 4.18. The van der Waals surface area contributed by atoms with Gasteiger partial charge in [0.1, 0.15) is 10.8 Å². The Bertz CT molecular complexity index is 592. The first-order valence-electron chi connectivity index (χ1n) is 6.73. The van der Waals surface area contributed by atoms with Gasteiger partial charge in [-0.2, -0.15) is 16.1 Å². The summed E-state index contributed by atoms with van der Waals surface area (Å²) in [5.74, 6) is 1.79. The monoisotopic (exact) mass is 326 g/mol. The molecule has 0 aromatic carbocycles. The number of hydrogen-bond donors (Lipinski definition) is 1. The number of nitrogens with two attached hydrogens (primary N) is 1. The van der Waals surface area contributed by atoms with Crippen molar-refractivity contribution in [2.24, 2.45) is 0 Å². The minimum absolute atomic E-state index is 0.613. The number of hydrogen-bond acceptors (Lipinski definition) is 7. The van der Waals surface area contributed by atoms with Crippen molar-refractivity contribution in [3.63, 3.8) is 0 Å². The molecule has 1 atom stereocenters. The summed E-state index contributed by atoms with van der Waals surface area (Å²) in [6.07, 6.45) is 1.21. The van der Waals surface area contributed by atoms with Gasteiger partial charge in [-0.05, 0) is 24.9 Å². The maximum Gasteiger partial charge on any atom is 0.148 e. The first-order valence-corrected chi connectivity index (χ1v) is 9.43. The zero-order chi connectivity index (χ0) is 14.1. The number of nitrogens with zero attached hydrogens (tertiary/aromatic N) is 3. The largest absolute Gasteiger partial charge is 0.382 e. The maximum absolute atomic E-state index is 6.09. The predicted molar refractivity (Wildman–Crippen MR) is 91.1 cm³/mol. The Morgan fingerprint density at radius 1 is 1.50 bits per heavy atom. The molecular formula is C13H18N4S3. The summed E-state index contributed by atoms with van der Waals surface area (Å²) in [4.78, 5) is 7.02. The average Bonchev–Trinajstić information content (AvgIpc) is 3.04. The molecule has 108 valence electrons. The molecule has 3 heterocycles. The van der Waals surface area contributed by atoms with E-state index in [2.05, 4.69) is 38.3 Å². The van der Waals surface area contributed by atoms with Crippen molar-refractivity contribution in [2.75, 3.05) is 29.5 Å². The molecule has 2 N–H and O–H groups in total. The molecule has 1 saturated heterocycles. The van der Waals surface area contributed by atoms with Crippen LogP contribution >= 0.6 is 34.6 Å². The lowest BCUT2D eigenvalue weighted by Gasteiger charge is -2.32. The average molecular weight is 327 g/mol. The third-order valence-electron chi connectivity index (χ3n) is 3.46. The second kappa shape index (κ2) is 5.91. The van der Waals surface area contributed by atoms with Gasteiger partial charge in [0.25, 0.3) is 0 Å². The van der Waals surface area contributed by atoms with Gasteiger partial charge < -0.3 is 10.6 Å². The first-order chi connectivity index (χ1) is 9.69. The molecule has 3 rings (SSSR count). The van der Waals surface area contributed by atoms with Gasteiger partial charge in [0.2, 0.25) is 0 Å². The molecule has 7 heteroatoms. The van der Waals surface area contributed by atoms with E-state index in [4.69, 9.17) is 5.73 Å².